The molecule has 0 radical (unpaired) electrons. The van der Waals surface area contributed by atoms with E-state index in [9.17, 15) is 5.11 Å². The quantitative estimate of drug-likeness (QED) is 0.870. The molecule has 1 aliphatic carbocycles. The Hall–Kier alpha value is -0.860. The molecule has 0 spiro atoms. The van der Waals surface area contributed by atoms with Gasteiger partial charge in [0.25, 0.3) is 0 Å². The highest BCUT2D eigenvalue weighted by Crippen LogP contribution is 2.41. The average molecular weight is 234 g/mol. The van der Waals surface area contributed by atoms with Crippen LogP contribution in [0.4, 0.5) is 0 Å². The standard InChI is InChI=1S/C15H22O2/c1-12(2)17-15(11-7-6-10-14(15)16)13-8-4-3-5-9-13/h3-5,8-9,12,14,16H,6-7,10-11H2,1-2H3/t14-,15-/m0/s1. The van der Waals surface area contributed by atoms with Gasteiger partial charge in [-0.3, -0.25) is 0 Å². The molecule has 0 saturated heterocycles. The van der Waals surface area contributed by atoms with Crippen molar-refractivity contribution in [3.05, 3.63) is 35.9 Å². The molecular formula is C15H22O2. The number of benzene rings is 1. The van der Waals surface area contributed by atoms with E-state index >= 15 is 0 Å². The predicted molar refractivity (Wildman–Crippen MR) is 68.8 cm³/mol. The largest absolute Gasteiger partial charge is 0.390 e. The van der Waals surface area contributed by atoms with Crippen LogP contribution in [-0.2, 0) is 10.3 Å². The second-order valence-electron chi connectivity index (χ2n) is 5.18. The molecule has 2 heteroatoms. The molecule has 1 fully saturated rings. The molecule has 1 aromatic carbocycles. The molecule has 2 atom stereocenters. The van der Waals surface area contributed by atoms with E-state index in [0.717, 1.165) is 31.2 Å². The van der Waals surface area contributed by atoms with Crippen molar-refractivity contribution < 1.29 is 9.84 Å². The summed E-state index contributed by atoms with van der Waals surface area (Å²) in [5.41, 5.74) is 0.620. The fourth-order valence-electron chi connectivity index (χ4n) is 2.81. The molecule has 1 N–H and O–H groups in total. The number of ether oxygens (including phenoxy) is 1. The molecule has 0 bridgehead atoms. The summed E-state index contributed by atoms with van der Waals surface area (Å²) in [7, 11) is 0. The van der Waals surface area contributed by atoms with Gasteiger partial charge in [0.05, 0.1) is 12.2 Å². The summed E-state index contributed by atoms with van der Waals surface area (Å²) in [5, 5.41) is 10.4. The van der Waals surface area contributed by atoms with Gasteiger partial charge in [-0.25, -0.2) is 0 Å². The summed E-state index contributed by atoms with van der Waals surface area (Å²) in [4.78, 5) is 0. The molecule has 0 aliphatic heterocycles. The minimum Gasteiger partial charge on any atom is -0.390 e. The van der Waals surface area contributed by atoms with Crippen molar-refractivity contribution in [2.45, 2.75) is 57.3 Å². The minimum atomic E-state index is -0.492. The predicted octanol–water partition coefficient (Wildman–Crippen LogP) is 3.24. The van der Waals surface area contributed by atoms with Crippen molar-refractivity contribution in [2.75, 3.05) is 0 Å². The molecule has 1 aromatic rings. The molecule has 94 valence electrons. The summed E-state index contributed by atoms with van der Waals surface area (Å²) >= 11 is 0. The molecule has 0 aromatic heterocycles. The Morgan fingerprint density at radius 2 is 1.94 bits per heavy atom. The van der Waals surface area contributed by atoms with Crippen LogP contribution >= 0.6 is 0 Å². The van der Waals surface area contributed by atoms with Gasteiger partial charge in [0.1, 0.15) is 5.60 Å². The van der Waals surface area contributed by atoms with Crippen molar-refractivity contribution in [3.8, 4) is 0 Å². The second kappa shape index (κ2) is 5.19. The Kier molecular flexibility index (Phi) is 3.85. The van der Waals surface area contributed by atoms with Crippen LogP contribution in [0.1, 0.15) is 45.1 Å². The van der Waals surface area contributed by atoms with Crippen LogP contribution in [0.3, 0.4) is 0 Å². The van der Waals surface area contributed by atoms with Crippen LogP contribution < -0.4 is 0 Å². The summed E-state index contributed by atoms with van der Waals surface area (Å²) < 4.78 is 6.13. The van der Waals surface area contributed by atoms with E-state index in [1.807, 2.05) is 32.0 Å². The SMILES string of the molecule is CC(C)O[C@]1(c2ccccc2)CCCC[C@@H]1O. The average Bonchev–Trinajstić information content (AvgIpc) is 2.33. The van der Waals surface area contributed by atoms with Crippen LogP contribution in [0.15, 0.2) is 30.3 Å². The Morgan fingerprint density at radius 1 is 1.24 bits per heavy atom. The van der Waals surface area contributed by atoms with Gasteiger partial charge in [0.2, 0.25) is 0 Å². The number of hydrogen-bond donors (Lipinski definition) is 1. The van der Waals surface area contributed by atoms with Crippen molar-refractivity contribution >= 4 is 0 Å². The van der Waals surface area contributed by atoms with E-state index in [-0.39, 0.29) is 12.2 Å². The highest BCUT2D eigenvalue weighted by atomic mass is 16.5. The van der Waals surface area contributed by atoms with Crippen molar-refractivity contribution in [2.24, 2.45) is 0 Å². The van der Waals surface area contributed by atoms with Gasteiger partial charge in [-0.15, -0.1) is 0 Å². The van der Waals surface area contributed by atoms with Crippen molar-refractivity contribution in [1.82, 2.24) is 0 Å². The fraction of sp³-hybridized carbons (Fsp3) is 0.600. The first-order valence-electron chi connectivity index (χ1n) is 6.56. The van der Waals surface area contributed by atoms with Gasteiger partial charge in [-0.05, 0) is 32.3 Å². The minimum absolute atomic E-state index is 0.128. The Morgan fingerprint density at radius 3 is 2.53 bits per heavy atom. The van der Waals surface area contributed by atoms with Gasteiger partial charge in [0, 0.05) is 0 Å². The van der Waals surface area contributed by atoms with Gasteiger partial charge < -0.3 is 9.84 Å². The van der Waals surface area contributed by atoms with Crippen LogP contribution in [0.25, 0.3) is 0 Å². The lowest BCUT2D eigenvalue weighted by Gasteiger charge is -2.43. The molecule has 1 aliphatic rings. The summed E-state index contributed by atoms with van der Waals surface area (Å²) in [6, 6.07) is 10.2. The van der Waals surface area contributed by atoms with Gasteiger partial charge in [-0.1, -0.05) is 43.2 Å². The molecule has 0 heterocycles. The molecular weight excluding hydrogens is 212 g/mol. The maximum Gasteiger partial charge on any atom is 0.119 e. The first kappa shape index (κ1) is 12.6. The van der Waals surface area contributed by atoms with E-state index in [1.54, 1.807) is 0 Å². The second-order valence-corrected chi connectivity index (χ2v) is 5.18. The molecule has 1 saturated carbocycles. The first-order valence-corrected chi connectivity index (χ1v) is 6.56. The molecule has 0 unspecified atom stereocenters. The Labute approximate surface area is 104 Å². The number of aliphatic hydroxyl groups is 1. The Balaban J connectivity index is 2.35. The molecule has 17 heavy (non-hydrogen) atoms. The zero-order valence-electron chi connectivity index (χ0n) is 10.7. The number of aliphatic hydroxyl groups excluding tert-OH is 1. The third kappa shape index (κ3) is 2.53. The van der Waals surface area contributed by atoms with Crippen molar-refractivity contribution in [3.63, 3.8) is 0 Å². The van der Waals surface area contributed by atoms with E-state index in [1.165, 1.54) is 0 Å². The van der Waals surface area contributed by atoms with Crippen molar-refractivity contribution in [1.29, 1.82) is 0 Å². The third-order valence-electron chi connectivity index (χ3n) is 3.52. The zero-order chi connectivity index (χ0) is 12.3. The van der Waals surface area contributed by atoms with E-state index in [4.69, 9.17) is 4.74 Å². The van der Waals surface area contributed by atoms with Crippen LogP contribution in [-0.4, -0.2) is 17.3 Å². The Bertz CT molecular complexity index is 347. The third-order valence-corrected chi connectivity index (χ3v) is 3.52. The van der Waals surface area contributed by atoms with Crippen LogP contribution in [0.2, 0.25) is 0 Å². The van der Waals surface area contributed by atoms with E-state index < -0.39 is 5.60 Å². The van der Waals surface area contributed by atoms with Gasteiger partial charge in [0.15, 0.2) is 0 Å². The zero-order valence-corrected chi connectivity index (χ0v) is 10.7. The van der Waals surface area contributed by atoms with Crippen LogP contribution in [0, 0.1) is 0 Å². The molecule has 2 rings (SSSR count). The first-order chi connectivity index (χ1) is 8.15. The lowest BCUT2D eigenvalue weighted by atomic mass is 9.77. The van der Waals surface area contributed by atoms with Crippen LogP contribution in [0.5, 0.6) is 0 Å². The summed E-state index contributed by atoms with van der Waals surface area (Å²) in [5.74, 6) is 0. The maximum absolute atomic E-state index is 10.4. The summed E-state index contributed by atoms with van der Waals surface area (Å²) in [6.45, 7) is 4.07. The topological polar surface area (TPSA) is 29.5 Å². The number of hydrogen-bond acceptors (Lipinski definition) is 2. The monoisotopic (exact) mass is 234 g/mol. The molecule has 2 nitrogen and oxygen atoms in total. The highest BCUT2D eigenvalue weighted by Gasteiger charge is 2.43. The maximum atomic E-state index is 10.4. The molecule has 0 amide bonds. The lowest BCUT2D eigenvalue weighted by Crippen LogP contribution is -2.46. The van der Waals surface area contributed by atoms with E-state index in [0.29, 0.717) is 0 Å². The lowest BCUT2D eigenvalue weighted by molar-refractivity contribution is -0.171. The fourth-order valence-corrected chi connectivity index (χ4v) is 2.81. The summed E-state index contributed by atoms with van der Waals surface area (Å²) in [6.07, 6.45) is 3.71. The normalized spacial score (nSPS) is 29.5. The van der Waals surface area contributed by atoms with Gasteiger partial charge >= 0.3 is 0 Å². The van der Waals surface area contributed by atoms with Gasteiger partial charge in [-0.2, -0.15) is 0 Å². The highest BCUT2D eigenvalue weighted by molar-refractivity contribution is 5.25. The van der Waals surface area contributed by atoms with E-state index in [2.05, 4.69) is 12.1 Å². The smallest absolute Gasteiger partial charge is 0.119 e. The number of rotatable bonds is 3.